The Balaban J connectivity index is 1.44. The standard InChI is InChI=1S/C22H28N4O3/c1-16-12-17(6-7-21(16)28-2)13-26-10-9-25(15-19(26)8-11-27)14-18-4-3-5-20-22(18)24-29-23-20/h3-7,12,19,27H,8-11,13-15H2,1-2H3/t19-/m1/s1. The van der Waals surface area contributed by atoms with Crippen LogP contribution < -0.4 is 4.74 Å². The fourth-order valence-corrected chi connectivity index (χ4v) is 4.24. The van der Waals surface area contributed by atoms with Crippen molar-refractivity contribution in [2.24, 2.45) is 0 Å². The number of methoxy groups -OCH3 is 1. The lowest BCUT2D eigenvalue weighted by molar-refractivity contribution is 0.0501. The zero-order valence-corrected chi connectivity index (χ0v) is 17.0. The van der Waals surface area contributed by atoms with Crippen molar-refractivity contribution in [2.45, 2.75) is 32.5 Å². The van der Waals surface area contributed by atoms with Crippen LogP contribution in [0.1, 0.15) is 23.1 Å². The molecule has 0 spiro atoms. The molecular weight excluding hydrogens is 368 g/mol. The summed E-state index contributed by atoms with van der Waals surface area (Å²) in [6.07, 6.45) is 0.765. The van der Waals surface area contributed by atoms with Crippen LogP contribution >= 0.6 is 0 Å². The summed E-state index contributed by atoms with van der Waals surface area (Å²) in [7, 11) is 1.70. The molecule has 1 aliphatic heterocycles. The molecule has 2 aromatic carbocycles. The minimum atomic E-state index is 0.194. The van der Waals surface area contributed by atoms with Crippen molar-refractivity contribution < 1.29 is 14.5 Å². The van der Waals surface area contributed by atoms with Crippen molar-refractivity contribution in [3.63, 3.8) is 0 Å². The lowest BCUT2D eigenvalue weighted by atomic mass is 10.0. The highest BCUT2D eigenvalue weighted by Gasteiger charge is 2.27. The molecular formula is C22H28N4O3. The third-order valence-electron chi connectivity index (χ3n) is 5.76. The minimum absolute atomic E-state index is 0.194. The van der Waals surface area contributed by atoms with Gasteiger partial charge in [0, 0.05) is 45.4 Å². The van der Waals surface area contributed by atoms with Crippen LogP contribution in [0.5, 0.6) is 5.75 Å². The molecule has 1 fully saturated rings. The van der Waals surface area contributed by atoms with E-state index in [1.165, 1.54) is 5.56 Å². The monoisotopic (exact) mass is 396 g/mol. The van der Waals surface area contributed by atoms with Crippen LogP contribution in [0.15, 0.2) is 41.0 Å². The molecule has 0 amide bonds. The van der Waals surface area contributed by atoms with Gasteiger partial charge in [-0.2, -0.15) is 0 Å². The highest BCUT2D eigenvalue weighted by atomic mass is 16.6. The number of aliphatic hydroxyl groups excluding tert-OH is 1. The van der Waals surface area contributed by atoms with E-state index in [0.29, 0.717) is 6.04 Å². The van der Waals surface area contributed by atoms with Crippen molar-refractivity contribution in [2.75, 3.05) is 33.4 Å². The molecule has 1 aromatic heterocycles. The van der Waals surface area contributed by atoms with Gasteiger partial charge in [0.25, 0.3) is 0 Å². The van der Waals surface area contributed by atoms with Gasteiger partial charge >= 0.3 is 0 Å². The second-order valence-corrected chi connectivity index (χ2v) is 7.72. The minimum Gasteiger partial charge on any atom is -0.496 e. The molecule has 29 heavy (non-hydrogen) atoms. The molecule has 1 aliphatic rings. The number of aromatic nitrogens is 2. The van der Waals surface area contributed by atoms with Gasteiger partial charge in [0.1, 0.15) is 16.8 Å². The van der Waals surface area contributed by atoms with Gasteiger partial charge in [0.2, 0.25) is 0 Å². The SMILES string of the molecule is COc1ccc(CN2CCN(Cc3cccc4nonc34)C[C@H]2CCO)cc1C. The van der Waals surface area contributed by atoms with Crippen molar-refractivity contribution in [3.05, 3.63) is 53.1 Å². The first-order valence-corrected chi connectivity index (χ1v) is 10.1. The molecule has 7 nitrogen and oxygen atoms in total. The maximum atomic E-state index is 9.61. The third kappa shape index (κ3) is 4.42. The summed E-state index contributed by atoms with van der Waals surface area (Å²) in [5.41, 5.74) is 5.19. The van der Waals surface area contributed by atoms with E-state index < -0.39 is 0 Å². The lowest BCUT2D eigenvalue weighted by Crippen LogP contribution is -2.52. The number of nitrogens with zero attached hydrogens (tertiary/aromatic N) is 4. The van der Waals surface area contributed by atoms with Gasteiger partial charge < -0.3 is 9.84 Å². The molecule has 7 heteroatoms. The number of ether oxygens (including phenoxy) is 1. The average molecular weight is 396 g/mol. The number of piperazine rings is 1. The van der Waals surface area contributed by atoms with Gasteiger partial charge in [-0.25, -0.2) is 4.63 Å². The second-order valence-electron chi connectivity index (χ2n) is 7.72. The smallest absolute Gasteiger partial charge is 0.139 e. The summed E-state index contributed by atoms with van der Waals surface area (Å²) in [4.78, 5) is 4.91. The van der Waals surface area contributed by atoms with Gasteiger partial charge in [-0.1, -0.05) is 24.3 Å². The van der Waals surface area contributed by atoms with Crippen LogP contribution in [-0.2, 0) is 13.1 Å². The van der Waals surface area contributed by atoms with E-state index in [1.54, 1.807) is 7.11 Å². The number of fused-ring (bicyclic) bond motifs is 1. The molecule has 3 aromatic rings. The van der Waals surface area contributed by atoms with Crippen LogP contribution in [-0.4, -0.2) is 64.6 Å². The summed E-state index contributed by atoms with van der Waals surface area (Å²) >= 11 is 0. The van der Waals surface area contributed by atoms with Gasteiger partial charge in [-0.3, -0.25) is 9.80 Å². The van der Waals surface area contributed by atoms with Crippen molar-refractivity contribution in [1.29, 1.82) is 0 Å². The quantitative estimate of drug-likeness (QED) is 0.658. The molecule has 0 unspecified atom stereocenters. The molecule has 4 rings (SSSR count). The number of hydrogen-bond acceptors (Lipinski definition) is 7. The maximum absolute atomic E-state index is 9.61. The number of benzene rings is 2. The van der Waals surface area contributed by atoms with E-state index in [1.807, 2.05) is 18.2 Å². The first kappa shape index (κ1) is 19.8. The zero-order valence-electron chi connectivity index (χ0n) is 17.0. The summed E-state index contributed by atoms with van der Waals surface area (Å²) in [6, 6.07) is 12.7. The summed E-state index contributed by atoms with van der Waals surface area (Å²) in [5, 5.41) is 17.6. The second kappa shape index (κ2) is 8.90. The predicted octanol–water partition coefficient (Wildman–Crippen LogP) is 2.61. The molecule has 0 bridgehead atoms. The van der Waals surface area contributed by atoms with E-state index in [2.05, 4.69) is 45.2 Å². The largest absolute Gasteiger partial charge is 0.496 e. The molecule has 0 saturated carbocycles. The lowest BCUT2D eigenvalue weighted by Gasteiger charge is -2.41. The summed E-state index contributed by atoms with van der Waals surface area (Å²) in [5.74, 6) is 0.919. The molecule has 154 valence electrons. The van der Waals surface area contributed by atoms with Gasteiger partial charge in [0.05, 0.1) is 7.11 Å². The average Bonchev–Trinajstić information content (AvgIpc) is 3.20. The zero-order chi connectivity index (χ0) is 20.2. The number of aryl methyl sites for hydroxylation is 1. The fraction of sp³-hybridized carbons (Fsp3) is 0.455. The molecule has 0 radical (unpaired) electrons. The van der Waals surface area contributed by atoms with E-state index in [4.69, 9.17) is 9.37 Å². The fourth-order valence-electron chi connectivity index (χ4n) is 4.24. The van der Waals surface area contributed by atoms with Crippen molar-refractivity contribution in [1.82, 2.24) is 20.1 Å². The molecule has 1 saturated heterocycles. The Kier molecular flexibility index (Phi) is 6.08. The molecule has 1 N–H and O–H groups in total. The van der Waals surface area contributed by atoms with Crippen LogP contribution in [0, 0.1) is 6.92 Å². The highest BCUT2D eigenvalue weighted by Crippen LogP contribution is 2.23. The van der Waals surface area contributed by atoms with Gasteiger partial charge in [-0.15, -0.1) is 0 Å². The normalized spacial score (nSPS) is 18.4. The first-order valence-electron chi connectivity index (χ1n) is 10.1. The van der Waals surface area contributed by atoms with E-state index in [9.17, 15) is 5.11 Å². The van der Waals surface area contributed by atoms with E-state index in [0.717, 1.165) is 67.1 Å². The third-order valence-corrected chi connectivity index (χ3v) is 5.76. The van der Waals surface area contributed by atoms with E-state index in [-0.39, 0.29) is 6.61 Å². The Bertz CT molecular complexity index is 958. The maximum Gasteiger partial charge on any atom is 0.139 e. The highest BCUT2D eigenvalue weighted by molar-refractivity contribution is 5.76. The number of hydrogen-bond donors (Lipinski definition) is 1. The molecule has 1 atom stereocenters. The summed E-state index contributed by atoms with van der Waals surface area (Å²) in [6.45, 7) is 6.80. The first-order chi connectivity index (χ1) is 14.2. The Labute approximate surface area is 170 Å². The number of aliphatic hydroxyl groups is 1. The summed E-state index contributed by atoms with van der Waals surface area (Å²) < 4.78 is 10.3. The van der Waals surface area contributed by atoms with E-state index >= 15 is 0 Å². The van der Waals surface area contributed by atoms with Gasteiger partial charge in [-0.05, 0) is 52.5 Å². The molecule has 2 heterocycles. The van der Waals surface area contributed by atoms with Crippen LogP contribution in [0.4, 0.5) is 0 Å². The van der Waals surface area contributed by atoms with Crippen LogP contribution in [0.25, 0.3) is 11.0 Å². The van der Waals surface area contributed by atoms with Crippen LogP contribution in [0.2, 0.25) is 0 Å². The van der Waals surface area contributed by atoms with Crippen molar-refractivity contribution in [3.8, 4) is 5.75 Å². The Morgan fingerprint density at radius 3 is 2.86 bits per heavy atom. The Morgan fingerprint density at radius 1 is 1.17 bits per heavy atom. The Morgan fingerprint density at radius 2 is 2.07 bits per heavy atom. The predicted molar refractivity (Wildman–Crippen MR) is 111 cm³/mol. The topological polar surface area (TPSA) is 74.9 Å². The Hall–Kier alpha value is -2.48. The number of rotatable bonds is 7. The molecule has 0 aliphatic carbocycles. The van der Waals surface area contributed by atoms with Crippen LogP contribution in [0.3, 0.4) is 0 Å². The van der Waals surface area contributed by atoms with Gasteiger partial charge in [0.15, 0.2) is 0 Å². The van der Waals surface area contributed by atoms with Crippen molar-refractivity contribution >= 4 is 11.0 Å².